The van der Waals surface area contributed by atoms with Crippen molar-refractivity contribution in [3.05, 3.63) is 71.5 Å². The van der Waals surface area contributed by atoms with Crippen LogP contribution in [0.4, 0.5) is 0 Å². The van der Waals surface area contributed by atoms with Crippen LogP contribution < -0.4 is 14.9 Å². The van der Waals surface area contributed by atoms with E-state index in [9.17, 15) is 23.2 Å². The highest BCUT2D eigenvalue weighted by Gasteiger charge is 2.54. The summed E-state index contributed by atoms with van der Waals surface area (Å²) < 4.78 is 40.1. The number of allylic oxidation sites excluding steroid dienone is 3. The van der Waals surface area contributed by atoms with Crippen LogP contribution in [0.5, 0.6) is 5.75 Å². The van der Waals surface area contributed by atoms with Gasteiger partial charge in [0.1, 0.15) is 17.9 Å². The van der Waals surface area contributed by atoms with Crippen molar-refractivity contribution in [3.63, 3.8) is 0 Å². The topological polar surface area (TPSA) is 138 Å². The molecule has 3 N–H and O–H groups in total. The Morgan fingerprint density at radius 1 is 1.15 bits per heavy atom. The van der Waals surface area contributed by atoms with Crippen molar-refractivity contribution >= 4 is 21.8 Å². The molecule has 3 aliphatic heterocycles. The Balaban J connectivity index is 1.24. The molecule has 0 aromatic heterocycles. The summed E-state index contributed by atoms with van der Waals surface area (Å²) in [5.41, 5.74) is 3.17. The Kier molecular flexibility index (Phi) is 7.87. The standard InChI is InChI=1S/C28H34N4O7S/c1-19-15-21(24-5-3-4-6-25(24)31(19)2)16-39-22-7-9-23(10-8-22)40(36,37)30-28(27(34)29-35)17-32(18-28)26(33)20-11-13-38-14-12-20/h3-10,15,20,25,30,35H,11-14,16-18H2,1-2H3,(H,29,34). The average molecular weight is 571 g/mol. The van der Waals surface area contributed by atoms with Gasteiger partial charge in [-0.3, -0.25) is 14.8 Å². The number of ether oxygens (including phenoxy) is 2. The summed E-state index contributed by atoms with van der Waals surface area (Å²) in [6.07, 6.45) is 11.5. The van der Waals surface area contributed by atoms with Gasteiger partial charge in [-0.2, -0.15) is 4.72 Å². The van der Waals surface area contributed by atoms with E-state index < -0.39 is 21.5 Å². The molecule has 4 aliphatic rings. The molecule has 1 aliphatic carbocycles. The van der Waals surface area contributed by atoms with Crippen molar-refractivity contribution in [3.8, 4) is 5.75 Å². The fourth-order valence-electron chi connectivity index (χ4n) is 5.46. The molecule has 1 aromatic rings. The number of benzene rings is 1. The molecule has 5 rings (SSSR count). The number of fused-ring (bicyclic) bond motifs is 1. The lowest BCUT2D eigenvalue weighted by Gasteiger charge is -2.49. The lowest BCUT2D eigenvalue weighted by Crippen LogP contribution is -2.77. The number of hydroxylamine groups is 1. The predicted octanol–water partition coefficient (Wildman–Crippen LogP) is 1.50. The zero-order chi connectivity index (χ0) is 28.5. The molecule has 2 fully saturated rings. The number of hydrogen-bond acceptors (Lipinski definition) is 8. The number of nitrogens with one attached hydrogen (secondary N) is 2. The fraction of sp³-hybridized carbons (Fsp3) is 0.429. The Hall–Kier alpha value is -3.45. The molecule has 0 bridgehead atoms. The van der Waals surface area contributed by atoms with E-state index in [4.69, 9.17) is 9.47 Å². The summed E-state index contributed by atoms with van der Waals surface area (Å²) in [5, 5.41) is 9.29. The second-order valence-electron chi connectivity index (χ2n) is 10.5. The third-order valence-corrected chi connectivity index (χ3v) is 9.48. The van der Waals surface area contributed by atoms with Crippen LogP contribution in [0.25, 0.3) is 0 Å². The third-order valence-electron chi connectivity index (χ3n) is 7.92. The summed E-state index contributed by atoms with van der Waals surface area (Å²) in [7, 11) is -2.12. The van der Waals surface area contributed by atoms with Gasteiger partial charge in [0, 0.05) is 31.9 Å². The first-order chi connectivity index (χ1) is 19.1. The number of rotatable bonds is 8. The van der Waals surface area contributed by atoms with Crippen LogP contribution in [0.15, 0.2) is 76.4 Å². The summed E-state index contributed by atoms with van der Waals surface area (Å²) in [4.78, 5) is 28.9. The first-order valence-corrected chi connectivity index (χ1v) is 14.7. The van der Waals surface area contributed by atoms with Gasteiger partial charge in [0.2, 0.25) is 15.9 Å². The molecule has 2 amide bonds. The normalized spacial score (nSPS) is 22.4. The summed E-state index contributed by atoms with van der Waals surface area (Å²) in [6, 6.07) is 6.04. The van der Waals surface area contributed by atoms with Crippen LogP contribution >= 0.6 is 0 Å². The number of likely N-dealkylation sites (tertiary alicyclic amines) is 1. The molecular formula is C28H34N4O7S. The SMILES string of the molecule is CC1=CC(COc2ccc(S(=O)(=O)NC3(C(=O)NO)CN(C(=O)C4CCOCC4)C3)cc2)=C2C=CC=CC2N1C. The second-order valence-corrected chi connectivity index (χ2v) is 12.2. The highest BCUT2D eigenvalue weighted by Crippen LogP contribution is 2.31. The van der Waals surface area contributed by atoms with Crippen molar-refractivity contribution in [2.45, 2.75) is 36.2 Å². The minimum Gasteiger partial charge on any atom is -0.489 e. The lowest BCUT2D eigenvalue weighted by atomic mass is 9.87. The molecule has 2 saturated heterocycles. The molecule has 0 radical (unpaired) electrons. The minimum absolute atomic E-state index is 0.0726. The van der Waals surface area contributed by atoms with Crippen LogP contribution in [-0.4, -0.2) is 86.8 Å². The maximum absolute atomic E-state index is 13.2. The molecule has 0 spiro atoms. The van der Waals surface area contributed by atoms with Crippen LogP contribution in [0.1, 0.15) is 19.8 Å². The number of hydrogen-bond donors (Lipinski definition) is 3. The lowest BCUT2D eigenvalue weighted by molar-refractivity contribution is -0.155. The minimum atomic E-state index is -4.17. The Morgan fingerprint density at radius 3 is 2.52 bits per heavy atom. The van der Waals surface area contributed by atoms with Gasteiger partial charge in [0.25, 0.3) is 5.91 Å². The van der Waals surface area contributed by atoms with Gasteiger partial charge in [0.05, 0.1) is 24.0 Å². The van der Waals surface area contributed by atoms with Crippen LogP contribution in [0.2, 0.25) is 0 Å². The Morgan fingerprint density at radius 2 is 1.85 bits per heavy atom. The molecule has 1 aromatic carbocycles. The molecule has 40 heavy (non-hydrogen) atoms. The molecule has 0 saturated carbocycles. The summed E-state index contributed by atoms with van der Waals surface area (Å²) in [5.74, 6) is -0.811. The maximum atomic E-state index is 13.2. The molecule has 11 nitrogen and oxygen atoms in total. The van der Waals surface area contributed by atoms with E-state index in [1.807, 2.05) is 26.1 Å². The molecular weight excluding hydrogens is 536 g/mol. The van der Waals surface area contributed by atoms with Gasteiger partial charge in [-0.1, -0.05) is 24.3 Å². The summed E-state index contributed by atoms with van der Waals surface area (Å²) in [6.45, 7) is 2.97. The number of amides is 2. The Labute approximate surface area is 233 Å². The van der Waals surface area contributed by atoms with Crippen molar-refractivity contribution in [1.29, 1.82) is 0 Å². The maximum Gasteiger partial charge on any atom is 0.268 e. The van der Waals surface area contributed by atoms with Crippen molar-refractivity contribution in [2.75, 3.05) is 40.0 Å². The quantitative estimate of drug-likeness (QED) is 0.316. The molecule has 3 heterocycles. The number of carbonyl (C=O) groups is 2. The van der Waals surface area contributed by atoms with Gasteiger partial charge in [-0.05, 0) is 61.3 Å². The van der Waals surface area contributed by atoms with E-state index in [-0.39, 0.29) is 35.9 Å². The number of likely N-dealkylation sites (N-methyl/N-ethyl adjacent to an activating group) is 1. The van der Waals surface area contributed by atoms with Crippen molar-refractivity contribution in [2.24, 2.45) is 5.92 Å². The van der Waals surface area contributed by atoms with E-state index >= 15 is 0 Å². The van der Waals surface area contributed by atoms with Gasteiger partial charge >= 0.3 is 0 Å². The second kappa shape index (κ2) is 11.2. The first-order valence-electron chi connectivity index (χ1n) is 13.2. The zero-order valence-electron chi connectivity index (χ0n) is 22.5. The van der Waals surface area contributed by atoms with Crippen LogP contribution in [0, 0.1) is 5.92 Å². The van der Waals surface area contributed by atoms with E-state index in [1.165, 1.54) is 22.5 Å². The number of sulfonamides is 1. The van der Waals surface area contributed by atoms with Crippen LogP contribution in [-0.2, 0) is 24.3 Å². The number of carbonyl (C=O) groups excluding carboxylic acids is 2. The molecule has 1 unspecified atom stereocenters. The summed E-state index contributed by atoms with van der Waals surface area (Å²) >= 11 is 0. The highest BCUT2D eigenvalue weighted by molar-refractivity contribution is 7.89. The molecule has 12 heteroatoms. The van der Waals surface area contributed by atoms with Gasteiger partial charge in [-0.25, -0.2) is 13.9 Å². The van der Waals surface area contributed by atoms with Crippen molar-refractivity contribution < 1.29 is 32.7 Å². The first kappa shape index (κ1) is 28.1. The molecule has 214 valence electrons. The van der Waals surface area contributed by atoms with E-state index in [0.717, 1.165) is 16.8 Å². The highest BCUT2D eigenvalue weighted by atomic mass is 32.2. The average Bonchev–Trinajstić information content (AvgIpc) is 2.95. The Bertz CT molecular complexity index is 1390. The van der Waals surface area contributed by atoms with E-state index in [1.54, 1.807) is 12.1 Å². The van der Waals surface area contributed by atoms with Gasteiger partial charge < -0.3 is 19.3 Å². The fourth-order valence-corrected chi connectivity index (χ4v) is 6.81. The largest absolute Gasteiger partial charge is 0.489 e. The van der Waals surface area contributed by atoms with Gasteiger partial charge in [-0.15, -0.1) is 0 Å². The van der Waals surface area contributed by atoms with Crippen molar-refractivity contribution in [1.82, 2.24) is 20.0 Å². The van der Waals surface area contributed by atoms with Gasteiger partial charge in [0.15, 0.2) is 0 Å². The zero-order valence-corrected chi connectivity index (χ0v) is 23.3. The monoisotopic (exact) mass is 570 g/mol. The third kappa shape index (κ3) is 5.44. The molecule has 1 atom stereocenters. The van der Waals surface area contributed by atoms with E-state index in [0.29, 0.717) is 38.4 Å². The predicted molar refractivity (Wildman–Crippen MR) is 146 cm³/mol. The smallest absolute Gasteiger partial charge is 0.268 e. The number of nitrogens with zero attached hydrogens (tertiary/aromatic N) is 2. The van der Waals surface area contributed by atoms with E-state index in [2.05, 4.69) is 27.9 Å². The van der Waals surface area contributed by atoms with Crippen LogP contribution in [0.3, 0.4) is 0 Å².